The highest BCUT2D eigenvalue weighted by atomic mass is 16.5. The molecule has 3 rings (SSSR count). The van der Waals surface area contributed by atoms with Gasteiger partial charge in [-0.25, -0.2) is 4.98 Å². The summed E-state index contributed by atoms with van der Waals surface area (Å²) in [6.07, 6.45) is 6.74. The van der Waals surface area contributed by atoms with Crippen LogP contribution in [-0.4, -0.2) is 4.98 Å². The largest absolute Gasteiger partial charge is 0.489 e. The molecule has 0 saturated heterocycles. The van der Waals surface area contributed by atoms with E-state index >= 15 is 0 Å². The van der Waals surface area contributed by atoms with Crippen LogP contribution in [0.2, 0.25) is 0 Å². The SMILES string of the molecule is Nc1ccc(COc2ccc3c(c2)CCCC3)cn1. The molecule has 2 N–H and O–H groups in total. The summed E-state index contributed by atoms with van der Waals surface area (Å²) in [5.74, 6) is 1.48. The third-order valence-electron chi connectivity index (χ3n) is 3.57. The molecule has 0 bridgehead atoms. The van der Waals surface area contributed by atoms with Gasteiger partial charge in [-0.1, -0.05) is 12.1 Å². The Bertz CT molecular complexity index is 563. The molecular weight excluding hydrogens is 236 g/mol. The van der Waals surface area contributed by atoms with Crippen LogP contribution in [0.1, 0.15) is 29.5 Å². The number of aryl methyl sites for hydroxylation is 2. The van der Waals surface area contributed by atoms with Gasteiger partial charge in [-0.3, -0.25) is 0 Å². The molecule has 98 valence electrons. The summed E-state index contributed by atoms with van der Waals surface area (Å²) < 4.78 is 5.82. The van der Waals surface area contributed by atoms with Gasteiger partial charge in [0.1, 0.15) is 18.2 Å². The molecule has 0 saturated carbocycles. The van der Waals surface area contributed by atoms with Gasteiger partial charge in [0.25, 0.3) is 0 Å². The maximum Gasteiger partial charge on any atom is 0.123 e. The summed E-state index contributed by atoms with van der Waals surface area (Å²) in [6, 6.07) is 10.2. The molecule has 19 heavy (non-hydrogen) atoms. The number of ether oxygens (including phenoxy) is 1. The quantitative estimate of drug-likeness (QED) is 0.915. The minimum Gasteiger partial charge on any atom is -0.489 e. The zero-order valence-electron chi connectivity index (χ0n) is 10.9. The van der Waals surface area contributed by atoms with Crippen molar-refractivity contribution in [2.24, 2.45) is 0 Å². The summed E-state index contributed by atoms with van der Waals surface area (Å²) in [5, 5.41) is 0. The topological polar surface area (TPSA) is 48.1 Å². The highest BCUT2D eigenvalue weighted by molar-refractivity contribution is 5.37. The average Bonchev–Trinajstić information content (AvgIpc) is 2.46. The minimum atomic E-state index is 0.534. The molecule has 0 aliphatic heterocycles. The molecule has 0 unspecified atom stereocenters. The van der Waals surface area contributed by atoms with Crippen LogP contribution in [0, 0.1) is 0 Å². The molecule has 1 aliphatic rings. The first-order valence-corrected chi connectivity index (χ1v) is 6.76. The molecule has 0 amide bonds. The van der Waals surface area contributed by atoms with Crippen molar-refractivity contribution in [2.75, 3.05) is 5.73 Å². The first-order valence-electron chi connectivity index (χ1n) is 6.76. The zero-order valence-corrected chi connectivity index (χ0v) is 10.9. The first kappa shape index (κ1) is 12.0. The highest BCUT2D eigenvalue weighted by Gasteiger charge is 2.09. The van der Waals surface area contributed by atoms with Gasteiger partial charge in [-0.15, -0.1) is 0 Å². The molecular formula is C16H18N2O. The lowest BCUT2D eigenvalue weighted by atomic mass is 9.92. The third-order valence-corrected chi connectivity index (χ3v) is 3.57. The Kier molecular flexibility index (Phi) is 3.36. The number of benzene rings is 1. The monoisotopic (exact) mass is 254 g/mol. The maximum absolute atomic E-state index is 5.82. The summed E-state index contributed by atoms with van der Waals surface area (Å²) in [5.41, 5.74) is 9.52. The maximum atomic E-state index is 5.82. The van der Waals surface area contributed by atoms with Crippen LogP contribution in [0.5, 0.6) is 5.75 Å². The predicted octanol–water partition coefficient (Wildman–Crippen LogP) is 3.12. The van der Waals surface area contributed by atoms with Gasteiger partial charge in [-0.05, 0) is 55.0 Å². The van der Waals surface area contributed by atoms with Crippen molar-refractivity contribution >= 4 is 5.82 Å². The van der Waals surface area contributed by atoms with Gasteiger partial charge in [0.2, 0.25) is 0 Å². The van der Waals surface area contributed by atoms with Gasteiger partial charge in [0.15, 0.2) is 0 Å². The molecule has 1 aromatic heterocycles. The lowest BCUT2D eigenvalue weighted by Gasteiger charge is -2.16. The van der Waals surface area contributed by atoms with Gasteiger partial charge < -0.3 is 10.5 Å². The van der Waals surface area contributed by atoms with Crippen molar-refractivity contribution in [3.8, 4) is 5.75 Å². The van der Waals surface area contributed by atoms with Crippen molar-refractivity contribution in [3.05, 3.63) is 53.2 Å². The van der Waals surface area contributed by atoms with E-state index in [-0.39, 0.29) is 0 Å². The number of anilines is 1. The van der Waals surface area contributed by atoms with Crippen LogP contribution in [0.4, 0.5) is 5.82 Å². The number of nitrogen functional groups attached to an aromatic ring is 1. The normalized spacial score (nSPS) is 13.9. The fourth-order valence-corrected chi connectivity index (χ4v) is 2.49. The van der Waals surface area contributed by atoms with E-state index in [1.807, 2.05) is 6.07 Å². The second kappa shape index (κ2) is 5.31. The number of fused-ring (bicyclic) bond motifs is 1. The molecule has 3 nitrogen and oxygen atoms in total. The minimum absolute atomic E-state index is 0.534. The summed E-state index contributed by atoms with van der Waals surface area (Å²) in [7, 11) is 0. The van der Waals surface area contributed by atoms with Crippen LogP contribution in [0.25, 0.3) is 0 Å². The second-order valence-corrected chi connectivity index (χ2v) is 5.02. The number of aromatic nitrogens is 1. The zero-order chi connectivity index (χ0) is 13.1. The van der Waals surface area contributed by atoms with Gasteiger partial charge >= 0.3 is 0 Å². The number of hydrogen-bond acceptors (Lipinski definition) is 3. The Morgan fingerprint density at radius 2 is 1.89 bits per heavy atom. The molecule has 1 aliphatic carbocycles. The lowest BCUT2D eigenvalue weighted by Crippen LogP contribution is -2.03. The standard InChI is InChI=1S/C16H18N2O/c17-16-8-5-12(10-18-16)11-19-15-7-6-13-3-1-2-4-14(13)9-15/h5-10H,1-4,11H2,(H2,17,18). The summed E-state index contributed by atoms with van der Waals surface area (Å²) in [4.78, 5) is 4.06. The number of pyridine rings is 1. The molecule has 0 spiro atoms. The van der Waals surface area contributed by atoms with Crippen molar-refractivity contribution in [1.29, 1.82) is 0 Å². The number of hydrogen-bond donors (Lipinski definition) is 1. The van der Waals surface area contributed by atoms with Gasteiger partial charge in [0, 0.05) is 11.8 Å². The van der Waals surface area contributed by atoms with Crippen molar-refractivity contribution in [3.63, 3.8) is 0 Å². The van der Waals surface area contributed by atoms with Crippen molar-refractivity contribution < 1.29 is 4.74 Å². The van der Waals surface area contributed by atoms with E-state index in [0.29, 0.717) is 12.4 Å². The van der Waals surface area contributed by atoms with Gasteiger partial charge in [0.05, 0.1) is 0 Å². The van der Waals surface area contributed by atoms with E-state index < -0.39 is 0 Å². The van der Waals surface area contributed by atoms with Crippen LogP contribution < -0.4 is 10.5 Å². The van der Waals surface area contributed by atoms with E-state index in [0.717, 1.165) is 11.3 Å². The average molecular weight is 254 g/mol. The van der Waals surface area contributed by atoms with E-state index in [1.54, 1.807) is 12.3 Å². The van der Waals surface area contributed by atoms with Crippen LogP contribution >= 0.6 is 0 Å². The first-order chi connectivity index (χ1) is 9.31. The number of nitrogens with two attached hydrogens (primary N) is 1. The molecule has 0 fully saturated rings. The molecule has 1 aromatic carbocycles. The van der Waals surface area contributed by atoms with E-state index in [2.05, 4.69) is 23.2 Å². The predicted molar refractivity (Wildman–Crippen MR) is 76.1 cm³/mol. The smallest absolute Gasteiger partial charge is 0.123 e. The Hall–Kier alpha value is -2.03. The van der Waals surface area contributed by atoms with Gasteiger partial charge in [-0.2, -0.15) is 0 Å². The van der Waals surface area contributed by atoms with Crippen LogP contribution in [-0.2, 0) is 19.4 Å². The number of rotatable bonds is 3. The highest BCUT2D eigenvalue weighted by Crippen LogP contribution is 2.25. The van der Waals surface area contributed by atoms with E-state index in [4.69, 9.17) is 10.5 Å². The van der Waals surface area contributed by atoms with E-state index in [9.17, 15) is 0 Å². The summed E-state index contributed by atoms with van der Waals surface area (Å²) >= 11 is 0. The number of nitrogens with zero attached hydrogens (tertiary/aromatic N) is 1. The molecule has 2 aromatic rings. The second-order valence-electron chi connectivity index (χ2n) is 5.02. The fourth-order valence-electron chi connectivity index (χ4n) is 2.49. The molecule has 0 radical (unpaired) electrons. The van der Waals surface area contributed by atoms with Crippen molar-refractivity contribution in [2.45, 2.75) is 32.3 Å². The Morgan fingerprint density at radius 1 is 1.05 bits per heavy atom. The molecule has 3 heteroatoms. The van der Waals surface area contributed by atoms with E-state index in [1.165, 1.54) is 36.8 Å². The van der Waals surface area contributed by atoms with Crippen LogP contribution in [0.3, 0.4) is 0 Å². The van der Waals surface area contributed by atoms with Crippen molar-refractivity contribution in [1.82, 2.24) is 4.98 Å². The molecule has 0 atom stereocenters. The molecule has 1 heterocycles. The Labute approximate surface area is 113 Å². The van der Waals surface area contributed by atoms with Crippen LogP contribution in [0.15, 0.2) is 36.5 Å². The Morgan fingerprint density at radius 3 is 2.68 bits per heavy atom. The Balaban J connectivity index is 1.68. The summed E-state index contributed by atoms with van der Waals surface area (Å²) in [6.45, 7) is 0.534. The fraction of sp³-hybridized carbons (Fsp3) is 0.312. The lowest BCUT2D eigenvalue weighted by molar-refractivity contribution is 0.305. The third kappa shape index (κ3) is 2.87.